The number of nitrogens with one attached hydrogen (secondary N) is 2. The molecule has 2 N–H and O–H groups in total. The van der Waals surface area contributed by atoms with Gasteiger partial charge in [-0.15, -0.1) is 0 Å². The molecule has 2 fully saturated rings. The largest absolute Gasteiger partial charge is 0.384 e. The van der Waals surface area contributed by atoms with Gasteiger partial charge in [-0.1, -0.05) is 12.1 Å². The highest BCUT2D eigenvalue weighted by molar-refractivity contribution is 6.00. The van der Waals surface area contributed by atoms with Gasteiger partial charge in [0.2, 0.25) is 0 Å². The third kappa shape index (κ3) is 3.98. The van der Waals surface area contributed by atoms with Crippen LogP contribution in [0.4, 0.5) is 5.69 Å². The van der Waals surface area contributed by atoms with Crippen LogP contribution >= 0.6 is 0 Å². The molecule has 136 valence electrons. The maximum Gasteiger partial charge on any atom is 0.253 e. The van der Waals surface area contributed by atoms with E-state index >= 15 is 0 Å². The quantitative estimate of drug-likeness (QED) is 0.882. The first kappa shape index (κ1) is 16.9. The molecule has 1 amide bonds. The molecule has 1 atom stereocenters. The molecule has 3 aliphatic heterocycles. The number of para-hydroxylation sites is 1. The number of likely N-dealkylation sites (tertiary alicyclic amines) is 1. The number of carbonyl (C=O) groups excluding carboxylic acids is 1. The molecule has 1 aromatic rings. The van der Waals surface area contributed by atoms with Crippen LogP contribution in [0.25, 0.3) is 0 Å². The maximum atomic E-state index is 12.8. The van der Waals surface area contributed by atoms with Crippen molar-refractivity contribution in [3.8, 4) is 0 Å². The van der Waals surface area contributed by atoms with E-state index in [0.29, 0.717) is 6.10 Å². The number of carbonyl (C=O) groups is 1. The van der Waals surface area contributed by atoms with Gasteiger partial charge in [0.05, 0.1) is 17.4 Å². The highest BCUT2D eigenvalue weighted by Gasteiger charge is 2.26. The SMILES string of the molecule is O=C(NC1CCN(C[C@@H]2CCCO2)CC1)c1cccc2c1NCCC2. The highest BCUT2D eigenvalue weighted by atomic mass is 16.5. The van der Waals surface area contributed by atoms with E-state index in [9.17, 15) is 4.79 Å². The van der Waals surface area contributed by atoms with Gasteiger partial charge >= 0.3 is 0 Å². The van der Waals surface area contributed by atoms with Gasteiger partial charge in [-0.3, -0.25) is 4.79 Å². The van der Waals surface area contributed by atoms with E-state index in [4.69, 9.17) is 4.74 Å². The summed E-state index contributed by atoms with van der Waals surface area (Å²) >= 11 is 0. The number of hydrogen-bond acceptors (Lipinski definition) is 4. The summed E-state index contributed by atoms with van der Waals surface area (Å²) in [6, 6.07) is 6.36. The van der Waals surface area contributed by atoms with Crippen molar-refractivity contribution in [1.29, 1.82) is 0 Å². The first-order valence-corrected chi connectivity index (χ1v) is 9.80. The van der Waals surface area contributed by atoms with Crippen LogP contribution in [0.15, 0.2) is 18.2 Å². The summed E-state index contributed by atoms with van der Waals surface area (Å²) in [6.07, 6.45) is 7.08. The minimum atomic E-state index is 0.0730. The van der Waals surface area contributed by atoms with Crippen LogP contribution in [-0.4, -0.2) is 55.7 Å². The fourth-order valence-electron chi connectivity index (χ4n) is 4.30. The number of piperidine rings is 1. The minimum Gasteiger partial charge on any atom is -0.384 e. The van der Waals surface area contributed by atoms with Gasteiger partial charge in [-0.2, -0.15) is 0 Å². The lowest BCUT2D eigenvalue weighted by atomic mass is 9.98. The van der Waals surface area contributed by atoms with Crippen molar-refractivity contribution in [2.24, 2.45) is 0 Å². The Morgan fingerprint density at radius 2 is 2.12 bits per heavy atom. The number of nitrogens with zero attached hydrogens (tertiary/aromatic N) is 1. The number of hydrogen-bond donors (Lipinski definition) is 2. The van der Waals surface area contributed by atoms with E-state index in [0.717, 1.165) is 69.7 Å². The summed E-state index contributed by atoms with van der Waals surface area (Å²) in [4.78, 5) is 15.3. The van der Waals surface area contributed by atoms with Crippen LogP contribution in [0.2, 0.25) is 0 Å². The van der Waals surface area contributed by atoms with Gasteiger partial charge in [0.25, 0.3) is 5.91 Å². The van der Waals surface area contributed by atoms with Crippen molar-refractivity contribution in [2.75, 3.05) is 38.1 Å². The van der Waals surface area contributed by atoms with Gasteiger partial charge < -0.3 is 20.3 Å². The topological polar surface area (TPSA) is 53.6 Å². The summed E-state index contributed by atoms with van der Waals surface area (Å²) in [6.45, 7) is 5.04. The molecule has 0 bridgehead atoms. The van der Waals surface area contributed by atoms with Crippen molar-refractivity contribution in [2.45, 2.75) is 50.7 Å². The van der Waals surface area contributed by atoms with E-state index in [2.05, 4.69) is 21.6 Å². The zero-order valence-corrected chi connectivity index (χ0v) is 14.9. The molecular weight excluding hydrogens is 314 g/mol. The number of ether oxygens (including phenoxy) is 1. The van der Waals surface area contributed by atoms with Crippen molar-refractivity contribution in [1.82, 2.24) is 10.2 Å². The van der Waals surface area contributed by atoms with E-state index in [1.165, 1.54) is 18.4 Å². The van der Waals surface area contributed by atoms with E-state index in [-0.39, 0.29) is 11.9 Å². The molecule has 2 saturated heterocycles. The number of rotatable bonds is 4. The first-order valence-electron chi connectivity index (χ1n) is 9.80. The number of aryl methyl sites for hydroxylation is 1. The Hall–Kier alpha value is -1.59. The average Bonchev–Trinajstić information content (AvgIpc) is 3.16. The highest BCUT2D eigenvalue weighted by Crippen LogP contribution is 2.26. The van der Waals surface area contributed by atoms with Gasteiger partial charge in [0.15, 0.2) is 0 Å². The van der Waals surface area contributed by atoms with E-state index in [1.54, 1.807) is 0 Å². The van der Waals surface area contributed by atoms with Crippen LogP contribution < -0.4 is 10.6 Å². The summed E-state index contributed by atoms with van der Waals surface area (Å²) < 4.78 is 5.74. The molecule has 0 unspecified atom stereocenters. The molecule has 3 heterocycles. The molecule has 0 spiro atoms. The average molecular weight is 343 g/mol. The zero-order chi connectivity index (χ0) is 17.1. The lowest BCUT2D eigenvalue weighted by Gasteiger charge is -2.33. The third-order valence-electron chi connectivity index (χ3n) is 5.73. The second-order valence-electron chi connectivity index (χ2n) is 7.55. The van der Waals surface area contributed by atoms with Gasteiger partial charge in [-0.05, 0) is 50.2 Å². The second kappa shape index (κ2) is 7.75. The van der Waals surface area contributed by atoms with Crippen LogP contribution in [0, 0.1) is 0 Å². The Balaban J connectivity index is 1.30. The van der Waals surface area contributed by atoms with Crippen molar-refractivity contribution >= 4 is 11.6 Å². The normalized spacial score (nSPS) is 24.6. The summed E-state index contributed by atoms with van der Waals surface area (Å²) in [7, 11) is 0. The first-order chi connectivity index (χ1) is 12.3. The molecule has 5 nitrogen and oxygen atoms in total. The van der Waals surface area contributed by atoms with Crippen molar-refractivity contribution < 1.29 is 9.53 Å². The molecule has 0 aromatic heterocycles. The number of benzene rings is 1. The monoisotopic (exact) mass is 343 g/mol. The molecule has 4 rings (SSSR count). The van der Waals surface area contributed by atoms with Gasteiger partial charge in [0.1, 0.15) is 0 Å². The number of anilines is 1. The summed E-state index contributed by atoms with van der Waals surface area (Å²) in [5.41, 5.74) is 3.12. The molecule has 0 aliphatic carbocycles. The molecular formula is C20H29N3O2. The summed E-state index contributed by atoms with van der Waals surface area (Å²) in [5.74, 6) is 0.0730. The van der Waals surface area contributed by atoms with Crippen LogP contribution in [0.5, 0.6) is 0 Å². The van der Waals surface area contributed by atoms with Gasteiger partial charge in [-0.25, -0.2) is 0 Å². The van der Waals surface area contributed by atoms with E-state index in [1.807, 2.05) is 12.1 Å². The van der Waals surface area contributed by atoms with Crippen LogP contribution in [0.3, 0.4) is 0 Å². The standard InChI is InChI=1S/C20H29N3O2/c24-20(18-7-1-4-15-5-2-10-21-19(15)18)22-16-8-11-23(12-9-16)14-17-6-3-13-25-17/h1,4,7,16-17,21H,2-3,5-6,8-14H2,(H,22,24)/t17-/m0/s1. The molecule has 3 aliphatic rings. The molecule has 0 saturated carbocycles. The Morgan fingerprint density at radius 1 is 1.24 bits per heavy atom. The minimum absolute atomic E-state index is 0.0730. The Morgan fingerprint density at radius 3 is 2.92 bits per heavy atom. The fraction of sp³-hybridized carbons (Fsp3) is 0.650. The third-order valence-corrected chi connectivity index (χ3v) is 5.73. The molecule has 0 radical (unpaired) electrons. The van der Waals surface area contributed by atoms with Crippen LogP contribution in [0.1, 0.15) is 48.0 Å². The number of fused-ring (bicyclic) bond motifs is 1. The molecule has 5 heteroatoms. The molecule has 25 heavy (non-hydrogen) atoms. The van der Waals surface area contributed by atoms with Crippen molar-refractivity contribution in [3.05, 3.63) is 29.3 Å². The number of amides is 1. The van der Waals surface area contributed by atoms with Gasteiger partial charge in [0, 0.05) is 38.8 Å². The Labute approximate surface area is 150 Å². The predicted octanol–water partition coefficient (Wildman–Crippen LogP) is 2.42. The Kier molecular flexibility index (Phi) is 5.22. The lowest BCUT2D eigenvalue weighted by molar-refractivity contribution is 0.0613. The molecule has 1 aromatic carbocycles. The second-order valence-corrected chi connectivity index (χ2v) is 7.55. The van der Waals surface area contributed by atoms with Crippen molar-refractivity contribution in [3.63, 3.8) is 0 Å². The summed E-state index contributed by atoms with van der Waals surface area (Å²) in [5, 5.41) is 6.68. The smallest absolute Gasteiger partial charge is 0.253 e. The lowest BCUT2D eigenvalue weighted by Crippen LogP contribution is -2.46. The zero-order valence-electron chi connectivity index (χ0n) is 14.9. The van der Waals surface area contributed by atoms with E-state index < -0.39 is 0 Å². The fourth-order valence-corrected chi connectivity index (χ4v) is 4.30. The Bertz CT molecular complexity index is 605. The predicted molar refractivity (Wildman–Crippen MR) is 99.2 cm³/mol. The maximum absolute atomic E-state index is 12.8. The van der Waals surface area contributed by atoms with Crippen LogP contribution in [-0.2, 0) is 11.2 Å².